The topological polar surface area (TPSA) is 0 Å². The van der Waals surface area contributed by atoms with Crippen molar-refractivity contribution >= 4 is 0 Å². The number of benzene rings is 1. The molecular weight excluding hydrogens is 180 g/mol. The lowest BCUT2D eigenvalue weighted by Crippen LogP contribution is -2.10. The number of hydrogen-bond donors (Lipinski definition) is 0. The van der Waals surface area contributed by atoms with E-state index in [9.17, 15) is 0 Å². The Morgan fingerprint density at radius 2 is 1.93 bits per heavy atom. The number of rotatable bonds is 1. The molecule has 3 unspecified atom stereocenters. The first-order valence-electron chi connectivity index (χ1n) is 6.32. The summed E-state index contributed by atoms with van der Waals surface area (Å²) in [6.07, 6.45) is 5.97. The third-order valence-electron chi connectivity index (χ3n) is 4.78. The minimum atomic E-state index is 0.892. The molecule has 0 aromatic heterocycles. The van der Waals surface area contributed by atoms with Crippen molar-refractivity contribution in [3.63, 3.8) is 0 Å². The average Bonchev–Trinajstić information content (AvgIpc) is 2.83. The molecule has 0 nitrogen and oxygen atoms in total. The molecule has 0 heteroatoms. The fourth-order valence-electron chi connectivity index (χ4n) is 3.80. The zero-order valence-corrected chi connectivity index (χ0v) is 9.79. The van der Waals surface area contributed by atoms with Crippen LogP contribution in [0, 0.1) is 25.7 Å². The highest BCUT2D eigenvalue weighted by Crippen LogP contribution is 2.53. The largest absolute Gasteiger partial charge is 0.0617 e. The molecule has 1 aromatic rings. The fraction of sp³-hybridized carbons (Fsp3) is 0.600. The van der Waals surface area contributed by atoms with E-state index in [1.54, 1.807) is 11.1 Å². The van der Waals surface area contributed by atoms with Crippen LogP contribution in [0.3, 0.4) is 0 Å². The van der Waals surface area contributed by atoms with E-state index in [4.69, 9.17) is 0 Å². The quantitative estimate of drug-likeness (QED) is 0.637. The molecule has 0 radical (unpaired) electrons. The van der Waals surface area contributed by atoms with Crippen LogP contribution in [0.5, 0.6) is 0 Å². The van der Waals surface area contributed by atoms with Crippen LogP contribution in [-0.4, -0.2) is 0 Å². The highest BCUT2D eigenvalue weighted by atomic mass is 14.4. The van der Waals surface area contributed by atoms with Gasteiger partial charge in [0.05, 0.1) is 0 Å². The van der Waals surface area contributed by atoms with Crippen LogP contribution < -0.4 is 0 Å². The summed E-state index contributed by atoms with van der Waals surface area (Å²) in [7, 11) is 0. The maximum Gasteiger partial charge on any atom is -0.0128 e. The summed E-state index contributed by atoms with van der Waals surface area (Å²) < 4.78 is 0. The number of fused-ring (bicyclic) bond motifs is 2. The van der Waals surface area contributed by atoms with Gasteiger partial charge in [-0.2, -0.15) is 0 Å². The minimum absolute atomic E-state index is 0.892. The van der Waals surface area contributed by atoms with Crippen LogP contribution in [0.1, 0.15) is 48.3 Å². The van der Waals surface area contributed by atoms with Gasteiger partial charge in [0.1, 0.15) is 0 Å². The van der Waals surface area contributed by atoms with Gasteiger partial charge in [-0.05, 0) is 67.6 Å². The predicted molar refractivity (Wildman–Crippen MR) is 64.1 cm³/mol. The van der Waals surface area contributed by atoms with Gasteiger partial charge >= 0.3 is 0 Å². The summed E-state index contributed by atoms with van der Waals surface area (Å²) in [5, 5.41) is 0. The first-order chi connectivity index (χ1) is 7.25. The second-order valence-corrected chi connectivity index (χ2v) is 5.57. The lowest BCUT2D eigenvalue weighted by molar-refractivity contribution is 0.418. The van der Waals surface area contributed by atoms with Crippen molar-refractivity contribution in [3.05, 3.63) is 34.9 Å². The Morgan fingerprint density at radius 1 is 1.07 bits per heavy atom. The second-order valence-electron chi connectivity index (χ2n) is 5.57. The Morgan fingerprint density at radius 3 is 2.60 bits per heavy atom. The van der Waals surface area contributed by atoms with Crippen molar-refractivity contribution in [2.45, 2.75) is 45.4 Å². The molecule has 3 rings (SSSR count). The predicted octanol–water partition coefficient (Wildman–Crippen LogP) is 4.21. The Kier molecular flexibility index (Phi) is 2.12. The Balaban J connectivity index is 1.96. The van der Waals surface area contributed by atoms with E-state index < -0.39 is 0 Å². The van der Waals surface area contributed by atoms with Gasteiger partial charge in [0, 0.05) is 0 Å². The zero-order valence-electron chi connectivity index (χ0n) is 9.79. The third kappa shape index (κ3) is 1.42. The maximum atomic E-state index is 2.37. The van der Waals surface area contributed by atoms with Crippen molar-refractivity contribution < 1.29 is 0 Å². The smallest absolute Gasteiger partial charge is 0.0128 e. The van der Waals surface area contributed by atoms with Gasteiger partial charge in [-0.15, -0.1) is 0 Å². The molecule has 0 amide bonds. The van der Waals surface area contributed by atoms with Gasteiger partial charge in [-0.1, -0.05) is 24.6 Å². The maximum absolute atomic E-state index is 2.37. The minimum Gasteiger partial charge on any atom is -0.0617 e. The van der Waals surface area contributed by atoms with Gasteiger partial charge in [-0.25, -0.2) is 0 Å². The van der Waals surface area contributed by atoms with E-state index >= 15 is 0 Å². The van der Waals surface area contributed by atoms with Crippen molar-refractivity contribution in [1.82, 2.24) is 0 Å². The normalized spacial score (nSPS) is 33.6. The molecule has 3 atom stereocenters. The third-order valence-corrected chi connectivity index (χ3v) is 4.78. The molecule has 2 fully saturated rings. The monoisotopic (exact) mass is 200 g/mol. The lowest BCUT2D eigenvalue weighted by Gasteiger charge is -2.24. The highest BCUT2D eigenvalue weighted by Gasteiger charge is 2.40. The molecule has 0 saturated heterocycles. The lowest BCUT2D eigenvalue weighted by atomic mass is 9.81. The van der Waals surface area contributed by atoms with Crippen LogP contribution in [0.4, 0.5) is 0 Å². The van der Waals surface area contributed by atoms with Crippen LogP contribution in [0.15, 0.2) is 18.2 Å². The molecule has 15 heavy (non-hydrogen) atoms. The van der Waals surface area contributed by atoms with Gasteiger partial charge in [-0.3, -0.25) is 0 Å². The van der Waals surface area contributed by atoms with E-state index in [0.717, 1.165) is 17.8 Å². The van der Waals surface area contributed by atoms with Crippen molar-refractivity contribution in [2.24, 2.45) is 11.8 Å². The molecule has 1 aromatic carbocycles. The van der Waals surface area contributed by atoms with E-state index in [-0.39, 0.29) is 0 Å². The number of aryl methyl sites for hydroxylation is 1. The van der Waals surface area contributed by atoms with Crippen molar-refractivity contribution in [2.75, 3.05) is 0 Å². The van der Waals surface area contributed by atoms with Crippen molar-refractivity contribution in [1.29, 1.82) is 0 Å². The van der Waals surface area contributed by atoms with E-state index in [1.165, 1.54) is 31.2 Å². The summed E-state index contributed by atoms with van der Waals surface area (Å²) in [4.78, 5) is 0. The molecule has 80 valence electrons. The molecule has 2 aliphatic carbocycles. The second kappa shape index (κ2) is 3.37. The fourth-order valence-corrected chi connectivity index (χ4v) is 3.80. The average molecular weight is 200 g/mol. The summed E-state index contributed by atoms with van der Waals surface area (Å²) in [6, 6.07) is 6.85. The standard InChI is InChI=1S/C15H20/c1-10-4-3-5-14(11(10)2)15-9-12-6-7-13(15)8-12/h3-5,12-13,15H,6-9H2,1-2H3. The van der Waals surface area contributed by atoms with Gasteiger partial charge in [0.15, 0.2) is 0 Å². The molecule has 2 saturated carbocycles. The van der Waals surface area contributed by atoms with Gasteiger partial charge in [0.25, 0.3) is 0 Å². The van der Waals surface area contributed by atoms with E-state index in [0.29, 0.717) is 0 Å². The molecule has 0 N–H and O–H groups in total. The van der Waals surface area contributed by atoms with Crippen LogP contribution in [0.25, 0.3) is 0 Å². The summed E-state index contributed by atoms with van der Waals surface area (Å²) in [5.41, 5.74) is 4.67. The highest BCUT2D eigenvalue weighted by molar-refractivity contribution is 5.37. The first kappa shape index (κ1) is 9.45. The van der Waals surface area contributed by atoms with Crippen LogP contribution in [0.2, 0.25) is 0 Å². The summed E-state index contributed by atoms with van der Waals surface area (Å²) in [5.74, 6) is 2.96. The first-order valence-corrected chi connectivity index (χ1v) is 6.32. The van der Waals surface area contributed by atoms with Crippen LogP contribution in [-0.2, 0) is 0 Å². The summed E-state index contributed by atoms with van der Waals surface area (Å²) in [6.45, 7) is 4.54. The Bertz CT molecular complexity index is 378. The Labute approximate surface area is 92.7 Å². The molecule has 0 spiro atoms. The summed E-state index contributed by atoms with van der Waals surface area (Å²) >= 11 is 0. The van der Waals surface area contributed by atoms with E-state index in [2.05, 4.69) is 32.0 Å². The number of hydrogen-bond acceptors (Lipinski definition) is 0. The molecule has 0 aliphatic heterocycles. The molecule has 2 bridgehead atoms. The van der Waals surface area contributed by atoms with Crippen molar-refractivity contribution in [3.8, 4) is 0 Å². The van der Waals surface area contributed by atoms with Gasteiger partial charge in [0.2, 0.25) is 0 Å². The SMILES string of the molecule is Cc1cccc(C2CC3CCC2C3)c1C. The van der Waals surface area contributed by atoms with Crippen LogP contribution >= 0.6 is 0 Å². The molecule has 0 heterocycles. The van der Waals surface area contributed by atoms with Gasteiger partial charge < -0.3 is 0 Å². The Hall–Kier alpha value is -0.780. The zero-order chi connectivity index (χ0) is 10.4. The van der Waals surface area contributed by atoms with E-state index in [1.807, 2.05) is 0 Å². The molecule has 2 aliphatic rings. The molecular formula is C15H20.